The quantitative estimate of drug-likeness (QED) is 0.420. The van der Waals surface area contributed by atoms with E-state index >= 15 is 0 Å². The molecular weight excluding hydrogens is 232 g/mol. The van der Waals surface area contributed by atoms with Gasteiger partial charge >= 0.3 is 8.56 Å². The minimum atomic E-state index is -2.06. The number of allylic oxidation sites excluding steroid dienone is 1. The van der Waals surface area contributed by atoms with Gasteiger partial charge < -0.3 is 8.85 Å². The third-order valence-electron chi connectivity index (χ3n) is 2.50. The van der Waals surface area contributed by atoms with E-state index in [0.29, 0.717) is 6.42 Å². The Kier molecular flexibility index (Phi) is 9.31. The molecule has 0 saturated carbocycles. The van der Waals surface area contributed by atoms with Crippen molar-refractivity contribution in [3.8, 4) is 0 Å². The number of carbonyl (C=O) groups excluding carboxylic acids is 1. The van der Waals surface area contributed by atoms with E-state index < -0.39 is 8.56 Å². The van der Waals surface area contributed by atoms with Crippen molar-refractivity contribution in [2.75, 3.05) is 13.2 Å². The number of carbonyl (C=O) groups is 1. The maximum Gasteiger partial charge on any atom is 0.334 e. The predicted octanol–water partition coefficient (Wildman–Crippen LogP) is 3.45. The van der Waals surface area contributed by atoms with E-state index in [1.165, 1.54) is 6.08 Å². The highest BCUT2D eigenvalue weighted by molar-refractivity contribution is 6.66. The van der Waals surface area contributed by atoms with E-state index in [0.717, 1.165) is 38.5 Å². The van der Waals surface area contributed by atoms with Gasteiger partial charge in [0.25, 0.3) is 0 Å². The summed E-state index contributed by atoms with van der Waals surface area (Å²) in [5, 5.41) is 0. The molecule has 0 amide bonds. The summed E-state index contributed by atoms with van der Waals surface area (Å²) in [7, 11) is -2.06. The summed E-state index contributed by atoms with van der Waals surface area (Å²) in [4.78, 5) is 11.1. The van der Waals surface area contributed by atoms with Gasteiger partial charge in [-0.25, -0.2) is 0 Å². The second-order valence-electron chi connectivity index (χ2n) is 4.35. The van der Waals surface area contributed by atoms with E-state index in [4.69, 9.17) is 8.85 Å². The van der Waals surface area contributed by atoms with Crippen LogP contribution in [0, 0.1) is 0 Å². The standard InChI is InChI=1S/C13H26O3Si/c1-5-10-15-17(4,16-11-6-2)12-8-9-13(14)7-3/h7H,3,5-6,8-12H2,1-2,4H3. The third kappa shape index (κ3) is 8.29. The molecule has 0 radical (unpaired) electrons. The first-order chi connectivity index (χ1) is 8.08. The topological polar surface area (TPSA) is 35.5 Å². The fourth-order valence-electron chi connectivity index (χ4n) is 1.51. The Bertz CT molecular complexity index is 221. The van der Waals surface area contributed by atoms with Crippen LogP contribution < -0.4 is 0 Å². The van der Waals surface area contributed by atoms with Crippen molar-refractivity contribution in [1.29, 1.82) is 0 Å². The molecule has 0 aromatic rings. The maximum atomic E-state index is 11.1. The van der Waals surface area contributed by atoms with E-state index in [-0.39, 0.29) is 5.78 Å². The summed E-state index contributed by atoms with van der Waals surface area (Å²) in [6.07, 6.45) is 4.78. The summed E-state index contributed by atoms with van der Waals surface area (Å²) in [5.74, 6) is 0.104. The minimum Gasteiger partial charge on any atom is -0.394 e. The monoisotopic (exact) mass is 258 g/mol. The van der Waals surface area contributed by atoms with Gasteiger partial charge in [-0.2, -0.15) is 0 Å². The Morgan fingerprint density at radius 1 is 1.24 bits per heavy atom. The molecule has 0 aliphatic rings. The normalized spacial score (nSPS) is 11.5. The van der Waals surface area contributed by atoms with Gasteiger partial charge in [-0.1, -0.05) is 20.4 Å². The Labute approximate surface area is 106 Å². The van der Waals surface area contributed by atoms with Gasteiger partial charge in [0.1, 0.15) is 0 Å². The smallest absolute Gasteiger partial charge is 0.334 e. The zero-order valence-electron chi connectivity index (χ0n) is 11.5. The lowest BCUT2D eigenvalue weighted by molar-refractivity contribution is -0.114. The highest BCUT2D eigenvalue weighted by atomic mass is 28.4. The van der Waals surface area contributed by atoms with Crippen LogP contribution in [0.25, 0.3) is 0 Å². The molecule has 4 heteroatoms. The van der Waals surface area contributed by atoms with Gasteiger partial charge in [-0.05, 0) is 37.9 Å². The predicted molar refractivity (Wildman–Crippen MR) is 73.3 cm³/mol. The molecule has 0 N–H and O–H groups in total. The van der Waals surface area contributed by atoms with Crippen LogP contribution in [0.5, 0.6) is 0 Å². The summed E-state index contributed by atoms with van der Waals surface area (Å²) in [6.45, 7) is 11.3. The molecule has 0 fully saturated rings. The van der Waals surface area contributed by atoms with Crippen molar-refractivity contribution in [3.05, 3.63) is 12.7 Å². The van der Waals surface area contributed by atoms with Crippen LogP contribution in [0.1, 0.15) is 39.5 Å². The van der Waals surface area contributed by atoms with Crippen LogP contribution in [0.3, 0.4) is 0 Å². The Morgan fingerprint density at radius 3 is 2.18 bits per heavy atom. The fourth-order valence-corrected chi connectivity index (χ4v) is 3.97. The maximum absolute atomic E-state index is 11.1. The van der Waals surface area contributed by atoms with Gasteiger partial charge in [-0.15, -0.1) is 0 Å². The molecule has 0 aromatic carbocycles. The summed E-state index contributed by atoms with van der Waals surface area (Å²) in [6, 6.07) is 0.882. The van der Waals surface area contributed by atoms with E-state index in [1.54, 1.807) is 0 Å². The summed E-state index contributed by atoms with van der Waals surface area (Å²) >= 11 is 0. The number of hydrogen-bond acceptors (Lipinski definition) is 3. The second-order valence-corrected chi connectivity index (χ2v) is 7.70. The average Bonchev–Trinajstić information content (AvgIpc) is 2.34. The van der Waals surface area contributed by atoms with Gasteiger partial charge in [0, 0.05) is 19.6 Å². The molecule has 0 spiro atoms. The molecule has 0 aliphatic carbocycles. The number of hydrogen-bond donors (Lipinski definition) is 0. The molecule has 0 atom stereocenters. The molecular formula is C13H26O3Si. The first-order valence-corrected chi connectivity index (χ1v) is 9.03. The Balaban J connectivity index is 4.07. The number of ketones is 1. The second kappa shape index (κ2) is 9.56. The molecule has 0 aromatic heterocycles. The Morgan fingerprint density at radius 2 is 1.76 bits per heavy atom. The average molecular weight is 258 g/mol. The molecule has 17 heavy (non-hydrogen) atoms. The van der Waals surface area contributed by atoms with Crippen molar-refractivity contribution < 1.29 is 13.6 Å². The minimum absolute atomic E-state index is 0.104. The van der Waals surface area contributed by atoms with Crippen molar-refractivity contribution >= 4 is 14.3 Å². The lowest BCUT2D eigenvalue weighted by Gasteiger charge is -2.26. The lowest BCUT2D eigenvalue weighted by Crippen LogP contribution is -2.39. The third-order valence-corrected chi connectivity index (χ3v) is 5.40. The van der Waals surface area contributed by atoms with Crippen LogP contribution in [0.2, 0.25) is 12.6 Å². The van der Waals surface area contributed by atoms with Gasteiger partial charge in [-0.3, -0.25) is 4.79 Å². The van der Waals surface area contributed by atoms with Crippen molar-refractivity contribution in [1.82, 2.24) is 0 Å². The highest BCUT2D eigenvalue weighted by Crippen LogP contribution is 2.18. The van der Waals surface area contributed by atoms with Gasteiger partial charge in [0.2, 0.25) is 0 Å². The molecule has 0 saturated heterocycles. The first kappa shape index (κ1) is 16.5. The molecule has 0 rings (SSSR count). The first-order valence-electron chi connectivity index (χ1n) is 6.51. The van der Waals surface area contributed by atoms with Crippen LogP contribution in [0.4, 0.5) is 0 Å². The summed E-state index contributed by atoms with van der Waals surface area (Å²) in [5.41, 5.74) is 0. The van der Waals surface area contributed by atoms with E-state index in [2.05, 4.69) is 27.0 Å². The molecule has 3 nitrogen and oxygen atoms in total. The lowest BCUT2D eigenvalue weighted by atomic mass is 10.2. The SMILES string of the molecule is C=CC(=O)CCC[Si](C)(OCCC)OCCC. The van der Waals surface area contributed by atoms with Crippen molar-refractivity contribution in [3.63, 3.8) is 0 Å². The molecule has 0 bridgehead atoms. The van der Waals surface area contributed by atoms with Crippen molar-refractivity contribution in [2.24, 2.45) is 0 Å². The van der Waals surface area contributed by atoms with E-state index in [9.17, 15) is 4.79 Å². The fraction of sp³-hybridized carbons (Fsp3) is 0.769. The van der Waals surface area contributed by atoms with Crippen LogP contribution in [0.15, 0.2) is 12.7 Å². The van der Waals surface area contributed by atoms with Crippen LogP contribution in [-0.4, -0.2) is 27.6 Å². The molecule has 0 heterocycles. The molecule has 100 valence electrons. The zero-order valence-corrected chi connectivity index (χ0v) is 12.5. The van der Waals surface area contributed by atoms with Gasteiger partial charge in [0.05, 0.1) is 0 Å². The number of rotatable bonds is 11. The molecule has 0 aliphatic heterocycles. The van der Waals surface area contributed by atoms with Crippen LogP contribution >= 0.6 is 0 Å². The van der Waals surface area contributed by atoms with Gasteiger partial charge in [0.15, 0.2) is 5.78 Å². The van der Waals surface area contributed by atoms with Crippen molar-refractivity contribution in [2.45, 2.75) is 52.1 Å². The zero-order chi connectivity index (χ0) is 13.1. The molecule has 0 unspecified atom stereocenters. The highest BCUT2D eigenvalue weighted by Gasteiger charge is 2.30. The van der Waals surface area contributed by atoms with E-state index in [1.807, 2.05) is 0 Å². The largest absolute Gasteiger partial charge is 0.394 e. The van der Waals surface area contributed by atoms with Crippen LogP contribution in [-0.2, 0) is 13.6 Å². The Hall–Kier alpha value is -0.453. The summed E-state index contributed by atoms with van der Waals surface area (Å²) < 4.78 is 11.8.